The SMILES string of the molecule is O=C1C(=O)N(c2ccc(F)cc2)C2=C1C=CCC2. The maximum Gasteiger partial charge on any atom is 0.303 e. The van der Waals surface area contributed by atoms with Crippen LogP contribution in [0.3, 0.4) is 0 Å². The van der Waals surface area contributed by atoms with Crippen molar-refractivity contribution >= 4 is 17.4 Å². The van der Waals surface area contributed by atoms with E-state index in [1.807, 2.05) is 6.08 Å². The molecule has 0 radical (unpaired) electrons. The summed E-state index contributed by atoms with van der Waals surface area (Å²) in [7, 11) is 0. The van der Waals surface area contributed by atoms with Crippen LogP contribution in [0.4, 0.5) is 10.1 Å². The molecule has 3 rings (SSSR count). The Morgan fingerprint density at radius 2 is 1.83 bits per heavy atom. The summed E-state index contributed by atoms with van der Waals surface area (Å²) in [6.07, 6.45) is 5.04. The summed E-state index contributed by atoms with van der Waals surface area (Å²) in [6.45, 7) is 0. The van der Waals surface area contributed by atoms with Crippen molar-refractivity contribution in [2.75, 3.05) is 4.90 Å². The van der Waals surface area contributed by atoms with Crippen LogP contribution in [0.25, 0.3) is 0 Å². The Labute approximate surface area is 103 Å². The summed E-state index contributed by atoms with van der Waals surface area (Å²) in [5.74, 6) is -1.40. The predicted octanol–water partition coefficient (Wildman–Crippen LogP) is 2.35. The molecule has 1 aliphatic heterocycles. The van der Waals surface area contributed by atoms with Gasteiger partial charge in [0.25, 0.3) is 5.78 Å². The number of anilines is 1. The zero-order valence-electron chi connectivity index (χ0n) is 9.52. The number of carbonyl (C=O) groups is 2. The molecule has 1 aromatic carbocycles. The summed E-state index contributed by atoms with van der Waals surface area (Å²) in [5, 5.41) is 0. The van der Waals surface area contributed by atoms with Gasteiger partial charge >= 0.3 is 5.91 Å². The zero-order chi connectivity index (χ0) is 12.7. The van der Waals surface area contributed by atoms with E-state index in [4.69, 9.17) is 0 Å². The number of ketones is 1. The van der Waals surface area contributed by atoms with E-state index >= 15 is 0 Å². The van der Waals surface area contributed by atoms with Crippen molar-refractivity contribution in [1.82, 2.24) is 0 Å². The highest BCUT2D eigenvalue weighted by molar-refractivity contribution is 6.51. The second-order valence-corrected chi connectivity index (χ2v) is 4.25. The van der Waals surface area contributed by atoms with Crippen molar-refractivity contribution in [3.63, 3.8) is 0 Å². The molecule has 0 N–H and O–H groups in total. The molecule has 1 aliphatic carbocycles. The van der Waals surface area contributed by atoms with E-state index in [2.05, 4.69) is 0 Å². The molecule has 4 heteroatoms. The van der Waals surface area contributed by atoms with Gasteiger partial charge in [0.2, 0.25) is 0 Å². The molecule has 0 fully saturated rings. The average Bonchev–Trinajstić information content (AvgIpc) is 2.64. The number of Topliss-reactive ketones (excluding diaryl/α,β-unsaturated/α-hetero) is 1. The van der Waals surface area contributed by atoms with Gasteiger partial charge in [0, 0.05) is 17.0 Å². The van der Waals surface area contributed by atoms with E-state index in [0.717, 1.165) is 12.1 Å². The van der Waals surface area contributed by atoms with Crippen molar-refractivity contribution in [2.45, 2.75) is 12.8 Å². The number of allylic oxidation sites excluding steroid dienone is 3. The summed E-state index contributed by atoms with van der Waals surface area (Å²) in [4.78, 5) is 25.2. The third-order valence-electron chi connectivity index (χ3n) is 3.14. The smallest absolute Gasteiger partial charge is 0.283 e. The van der Waals surface area contributed by atoms with Gasteiger partial charge in [-0.15, -0.1) is 0 Å². The first kappa shape index (κ1) is 10.9. The lowest BCUT2D eigenvalue weighted by Crippen LogP contribution is -2.28. The fraction of sp³-hybridized carbons (Fsp3) is 0.143. The van der Waals surface area contributed by atoms with E-state index in [1.165, 1.54) is 29.2 Å². The highest BCUT2D eigenvalue weighted by atomic mass is 19.1. The molecule has 0 unspecified atom stereocenters. The van der Waals surface area contributed by atoms with E-state index in [1.54, 1.807) is 6.08 Å². The largest absolute Gasteiger partial charge is 0.303 e. The van der Waals surface area contributed by atoms with Crippen LogP contribution in [0, 0.1) is 5.82 Å². The molecular formula is C14H10FNO2. The fourth-order valence-electron chi connectivity index (χ4n) is 2.29. The molecule has 0 bridgehead atoms. The summed E-state index contributed by atoms with van der Waals surface area (Å²) < 4.78 is 12.9. The van der Waals surface area contributed by atoms with Gasteiger partial charge in [-0.2, -0.15) is 0 Å². The van der Waals surface area contributed by atoms with Gasteiger partial charge in [-0.3, -0.25) is 14.5 Å². The third-order valence-corrected chi connectivity index (χ3v) is 3.14. The van der Waals surface area contributed by atoms with Crippen LogP contribution in [0.1, 0.15) is 12.8 Å². The minimum Gasteiger partial charge on any atom is -0.283 e. The van der Waals surface area contributed by atoms with Gasteiger partial charge in [0.05, 0.1) is 0 Å². The highest BCUT2D eigenvalue weighted by Gasteiger charge is 2.38. The van der Waals surface area contributed by atoms with Crippen molar-refractivity contribution in [3.8, 4) is 0 Å². The van der Waals surface area contributed by atoms with E-state index < -0.39 is 11.7 Å². The molecule has 0 atom stereocenters. The molecule has 0 saturated carbocycles. The van der Waals surface area contributed by atoms with E-state index in [0.29, 0.717) is 17.7 Å². The second kappa shape index (κ2) is 3.91. The van der Waals surface area contributed by atoms with Crippen LogP contribution in [0.5, 0.6) is 0 Å². The number of rotatable bonds is 1. The van der Waals surface area contributed by atoms with Crippen LogP contribution < -0.4 is 4.90 Å². The Morgan fingerprint density at radius 1 is 1.11 bits per heavy atom. The Kier molecular flexibility index (Phi) is 2.37. The molecule has 3 nitrogen and oxygen atoms in total. The van der Waals surface area contributed by atoms with Crippen molar-refractivity contribution in [3.05, 3.63) is 53.5 Å². The van der Waals surface area contributed by atoms with Crippen molar-refractivity contribution < 1.29 is 14.0 Å². The molecular weight excluding hydrogens is 233 g/mol. The first-order chi connectivity index (χ1) is 8.68. The molecule has 1 amide bonds. The van der Waals surface area contributed by atoms with Gasteiger partial charge in [-0.25, -0.2) is 4.39 Å². The van der Waals surface area contributed by atoms with Crippen LogP contribution in [-0.4, -0.2) is 11.7 Å². The Balaban J connectivity index is 2.09. The average molecular weight is 243 g/mol. The van der Waals surface area contributed by atoms with Gasteiger partial charge < -0.3 is 0 Å². The summed E-state index contributed by atoms with van der Waals surface area (Å²) in [6, 6.07) is 5.58. The lowest BCUT2D eigenvalue weighted by molar-refractivity contribution is -0.132. The number of hydrogen-bond acceptors (Lipinski definition) is 2. The quantitative estimate of drug-likeness (QED) is 0.710. The van der Waals surface area contributed by atoms with Gasteiger partial charge in [-0.05, 0) is 37.1 Å². The lowest BCUT2D eigenvalue weighted by atomic mass is 10.0. The zero-order valence-corrected chi connectivity index (χ0v) is 9.52. The van der Waals surface area contributed by atoms with Crippen LogP contribution in [-0.2, 0) is 9.59 Å². The number of halogens is 1. The second-order valence-electron chi connectivity index (χ2n) is 4.25. The Bertz CT molecular complexity index is 599. The number of benzene rings is 1. The minimum absolute atomic E-state index is 0.366. The molecule has 90 valence electrons. The molecule has 2 aliphatic rings. The predicted molar refractivity (Wildman–Crippen MR) is 64.3 cm³/mol. The number of hydrogen-bond donors (Lipinski definition) is 0. The molecule has 0 aromatic heterocycles. The molecule has 0 saturated heterocycles. The lowest BCUT2D eigenvalue weighted by Gasteiger charge is -2.20. The number of carbonyl (C=O) groups excluding carboxylic acids is 2. The van der Waals surface area contributed by atoms with Crippen molar-refractivity contribution in [2.24, 2.45) is 0 Å². The maximum atomic E-state index is 12.9. The van der Waals surface area contributed by atoms with Crippen LogP contribution in [0.15, 0.2) is 47.7 Å². The molecule has 1 heterocycles. The first-order valence-corrected chi connectivity index (χ1v) is 5.72. The normalized spacial score (nSPS) is 18.6. The summed E-state index contributed by atoms with van der Waals surface area (Å²) in [5.41, 5.74) is 1.73. The van der Waals surface area contributed by atoms with Gasteiger partial charge in [0.1, 0.15) is 5.82 Å². The molecule has 0 spiro atoms. The third kappa shape index (κ3) is 1.49. The van der Waals surface area contributed by atoms with Gasteiger partial charge in [-0.1, -0.05) is 12.2 Å². The van der Waals surface area contributed by atoms with Crippen molar-refractivity contribution in [1.29, 1.82) is 0 Å². The minimum atomic E-state index is -0.557. The highest BCUT2D eigenvalue weighted by Crippen LogP contribution is 2.33. The van der Waals surface area contributed by atoms with Crippen LogP contribution in [0.2, 0.25) is 0 Å². The van der Waals surface area contributed by atoms with Crippen LogP contribution >= 0.6 is 0 Å². The summed E-state index contributed by atoms with van der Waals surface area (Å²) >= 11 is 0. The number of nitrogens with zero attached hydrogens (tertiary/aromatic N) is 1. The Morgan fingerprint density at radius 3 is 2.56 bits per heavy atom. The molecule has 1 aromatic rings. The topological polar surface area (TPSA) is 37.4 Å². The first-order valence-electron chi connectivity index (χ1n) is 5.72. The molecule has 18 heavy (non-hydrogen) atoms. The van der Waals surface area contributed by atoms with E-state index in [9.17, 15) is 14.0 Å². The fourth-order valence-corrected chi connectivity index (χ4v) is 2.29. The Hall–Kier alpha value is -2.23. The van der Waals surface area contributed by atoms with Gasteiger partial charge in [0.15, 0.2) is 0 Å². The standard InChI is InChI=1S/C14H10FNO2/c15-9-5-7-10(8-6-9)16-12-4-2-1-3-11(12)13(17)14(16)18/h1,3,5-8H,2,4H2. The maximum absolute atomic E-state index is 12.9. The number of amides is 1. The van der Waals surface area contributed by atoms with E-state index in [-0.39, 0.29) is 5.82 Å². The monoisotopic (exact) mass is 243 g/mol.